The fourth-order valence-electron chi connectivity index (χ4n) is 3.60. The molecule has 1 aromatic carbocycles. The molecule has 0 aliphatic heterocycles. The fraction of sp³-hybridized carbons (Fsp3) is 0.500. The summed E-state index contributed by atoms with van der Waals surface area (Å²) in [6, 6.07) is 3.13. The molecule has 0 unspecified atom stereocenters. The molecule has 180 valence electrons. The van der Waals surface area contributed by atoms with E-state index in [0.29, 0.717) is 35.4 Å². The van der Waals surface area contributed by atoms with Crippen LogP contribution >= 0.6 is 11.8 Å². The highest BCUT2D eigenvalue weighted by molar-refractivity contribution is 7.99. The molecule has 0 radical (unpaired) electrons. The predicted molar refractivity (Wildman–Crippen MR) is 120 cm³/mol. The number of thioether (sulfide) groups is 1. The largest absolute Gasteiger partial charge is 0.493 e. The van der Waals surface area contributed by atoms with Gasteiger partial charge in [0.25, 0.3) is 5.56 Å². The molecule has 2 aromatic rings. The van der Waals surface area contributed by atoms with Crippen LogP contribution in [0.5, 0.6) is 11.5 Å². The van der Waals surface area contributed by atoms with Crippen molar-refractivity contribution in [3.05, 3.63) is 34.1 Å². The highest BCUT2D eigenvalue weighted by Gasteiger charge is 2.27. The van der Waals surface area contributed by atoms with Gasteiger partial charge in [0.15, 0.2) is 16.7 Å². The maximum absolute atomic E-state index is 13.3. The second kappa shape index (κ2) is 11.0. The molecular weight excluding hydrogens is 459 g/mol. The number of carbonyl (C=O) groups excluding carboxylic acids is 1. The van der Waals surface area contributed by atoms with Crippen LogP contribution in [0.25, 0.3) is 10.9 Å². The fourth-order valence-corrected chi connectivity index (χ4v) is 4.46. The second-order valence-electron chi connectivity index (χ2n) is 7.61. The van der Waals surface area contributed by atoms with Gasteiger partial charge in [0, 0.05) is 12.6 Å². The Morgan fingerprint density at radius 3 is 2.58 bits per heavy atom. The number of nitrogens with one attached hydrogen (secondary N) is 1. The van der Waals surface area contributed by atoms with Gasteiger partial charge < -0.3 is 14.8 Å². The minimum atomic E-state index is -4.49. The van der Waals surface area contributed by atoms with E-state index in [9.17, 15) is 22.8 Å². The summed E-state index contributed by atoms with van der Waals surface area (Å²) in [5.74, 6) is -0.317. The Labute approximate surface area is 193 Å². The van der Waals surface area contributed by atoms with Crippen molar-refractivity contribution >= 4 is 28.6 Å². The van der Waals surface area contributed by atoms with Crippen LogP contribution in [0.3, 0.4) is 0 Å². The summed E-state index contributed by atoms with van der Waals surface area (Å²) >= 11 is 0.926. The second-order valence-corrected chi connectivity index (χ2v) is 8.56. The van der Waals surface area contributed by atoms with Crippen molar-refractivity contribution in [2.75, 3.05) is 26.5 Å². The van der Waals surface area contributed by atoms with Crippen molar-refractivity contribution in [1.82, 2.24) is 14.9 Å². The topological polar surface area (TPSA) is 82.5 Å². The minimum absolute atomic E-state index is 0.262. The Hall–Kier alpha value is -2.69. The lowest BCUT2D eigenvalue weighted by atomic mass is 9.97. The third kappa shape index (κ3) is 6.66. The molecule has 1 N–H and O–H groups in total. The first-order chi connectivity index (χ1) is 15.7. The van der Waals surface area contributed by atoms with E-state index < -0.39 is 18.6 Å². The monoisotopic (exact) mass is 485 g/mol. The highest BCUT2D eigenvalue weighted by Crippen LogP contribution is 2.31. The molecule has 0 fully saturated rings. The number of methoxy groups -OCH3 is 2. The third-order valence-corrected chi connectivity index (χ3v) is 6.26. The maximum Gasteiger partial charge on any atom is 0.405 e. The summed E-state index contributed by atoms with van der Waals surface area (Å²) in [5, 5.41) is 2.43. The van der Waals surface area contributed by atoms with Crippen LogP contribution in [0.1, 0.15) is 32.1 Å². The number of allylic oxidation sites excluding steroid dienone is 2. The zero-order valence-electron chi connectivity index (χ0n) is 18.5. The number of benzene rings is 1. The van der Waals surface area contributed by atoms with Crippen molar-refractivity contribution in [3.8, 4) is 11.5 Å². The molecule has 1 aliphatic carbocycles. The molecule has 1 heterocycles. The van der Waals surface area contributed by atoms with Gasteiger partial charge in [-0.15, -0.1) is 0 Å². The van der Waals surface area contributed by atoms with Crippen LogP contribution in [0.2, 0.25) is 0 Å². The summed E-state index contributed by atoms with van der Waals surface area (Å²) in [6.07, 6.45) is 2.60. The molecule has 7 nitrogen and oxygen atoms in total. The smallest absolute Gasteiger partial charge is 0.405 e. The number of fused-ring (bicyclic) bond motifs is 1. The van der Waals surface area contributed by atoms with E-state index in [1.807, 2.05) is 5.32 Å². The molecule has 11 heteroatoms. The molecule has 0 atom stereocenters. The number of halogens is 3. The van der Waals surface area contributed by atoms with E-state index in [2.05, 4.69) is 11.1 Å². The lowest BCUT2D eigenvalue weighted by Crippen LogP contribution is -2.35. The first kappa shape index (κ1) is 24.9. The minimum Gasteiger partial charge on any atom is -0.493 e. The molecule has 3 rings (SSSR count). The van der Waals surface area contributed by atoms with Crippen LogP contribution in [0.15, 0.2) is 33.7 Å². The SMILES string of the molecule is COc1cc2nc(SCC(=O)NCC(F)(F)F)n(CCC3=CCCCC3)c(=O)c2cc1OC. The van der Waals surface area contributed by atoms with Crippen molar-refractivity contribution in [2.24, 2.45) is 0 Å². The summed E-state index contributed by atoms with van der Waals surface area (Å²) in [6.45, 7) is -1.05. The Morgan fingerprint density at radius 1 is 1.21 bits per heavy atom. The standard InChI is InChI=1S/C22H26F3N3O4S/c1-31-17-10-15-16(11-18(17)32-2)27-21(33-12-19(29)26-13-22(23,24)25)28(20(15)30)9-8-14-6-4-3-5-7-14/h6,10-11H,3-5,7-9,12-13H2,1-2H3,(H,26,29). The maximum atomic E-state index is 13.3. The van der Waals surface area contributed by atoms with E-state index in [1.54, 1.807) is 12.1 Å². The number of aromatic nitrogens is 2. The Balaban J connectivity index is 1.92. The van der Waals surface area contributed by atoms with Crippen LogP contribution in [0, 0.1) is 0 Å². The summed E-state index contributed by atoms with van der Waals surface area (Å²) in [7, 11) is 2.93. The molecule has 1 aromatic heterocycles. The van der Waals surface area contributed by atoms with Crippen LogP contribution in [-0.2, 0) is 11.3 Å². The number of nitrogens with zero attached hydrogens (tertiary/aromatic N) is 2. The average Bonchev–Trinajstić information content (AvgIpc) is 2.80. The van der Waals surface area contributed by atoms with Crippen LogP contribution in [-0.4, -0.2) is 48.2 Å². The Kier molecular flexibility index (Phi) is 8.28. The molecule has 33 heavy (non-hydrogen) atoms. The number of hydrogen-bond donors (Lipinski definition) is 1. The third-order valence-electron chi connectivity index (χ3n) is 5.28. The van der Waals surface area contributed by atoms with Gasteiger partial charge in [-0.05, 0) is 38.2 Å². The molecule has 0 saturated heterocycles. The molecule has 0 saturated carbocycles. The van der Waals surface area contributed by atoms with Crippen LogP contribution in [0.4, 0.5) is 13.2 Å². The molecule has 1 aliphatic rings. The number of ether oxygens (including phenoxy) is 2. The molecule has 0 bridgehead atoms. The van der Waals surface area contributed by atoms with Crippen molar-refractivity contribution < 1.29 is 27.4 Å². The first-order valence-corrected chi connectivity index (χ1v) is 11.5. The Bertz CT molecular complexity index is 1100. The number of hydrogen-bond acceptors (Lipinski definition) is 6. The van der Waals surface area contributed by atoms with Gasteiger partial charge in [0.05, 0.1) is 30.9 Å². The van der Waals surface area contributed by atoms with Gasteiger partial charge in [-0.25, -0.2) is 4.98 Å². The number of alkyl halides is 3. The number of rotatable bonds is 9. The van der Waals surface area contributed by atoms with E-state index >= 15 is 0 Å². The zero-order valence-corrected chi connectivity index (χ0v) is 19.3. The summed E-state index contributed by atoms with van der Waals surface area (Å²) in [5.41, 5.74) is 1.30. The van der Waals surface area contributed by atoms with Gasteiger partial charge in [-0.1, -0.05) is 23.4 Å². The van der Waals surface area contributed by atoms with Gasteiger partial charge in [0.2, 0.25) is 5.91 Å². The molecule has 0 spiro atoms. The van der Waals surface area contributed by atoms with Gasteiger partial charge in [0.1, 0.15) is 6.54 Å². The van der Waals surface area contributed by atoms with Crippen LogP contribution < -0.4 is 20.3 Å². The predicted octanol–water partition coefficient (Wildman–Crippen LogP) is 4.07. The number of carbonyl (C=O) groups is 1. The number of amides is 1. The normalized spacial score (nSPS) is 14.2. The molecular formula is C22H26F3N3O4S. The van der Waals surface area contributed by atoms with Crippen molar-refractivity contribution in [3.63, 3.8) is 0 Å². The first-order valence-electron chi connectivity index (χ1n) is 10.5. The molecule has 1 amide bonds. The Morgan fingerprint density at radius 2 is 1.94 bits per heavy atom. The lowest BCUT2D eigenvalue weighted by molar-refractivity contribution is -0.136. The van der Waals surface area contributed by atoms with E-state index in [-0.39, 0.29) is 16.5 Å². The van der Waals surface area contributed by atoms with Gasteiger partial charge in [-0.3, -0.25) is 14.2 Å². The van der Waals surface area contributed by atoms with Crippen molar-refractivity contribution in [2.45, 2.75) is 50.0 Å². The van der Waals surface area contributed by atoms with Gasteiger partial charge in [-0.2, -0.15) is 13.2 Å². The highest BCUT2D eigenvalue weighted by atomic mass is 32.2. The van der Waals surface area contributed by atoms with E-state index in [0.717, 1.165) is 37.4 Å². The summed E-state index contributed by atoms with van der Waals surface area (Å²) < 4.78 is 49.2. The van der Waals surface area contributed by atoms with Crippen molar-refractivity contribution in [1.29, 1.82) is 0 Å². The lowest BCUT2D eigenvalue weighted by Gasteiger charge is -2.17. The zero-order chi connectivity index (χ0) is 24.0. The average molecular weight is 486 g/mol. The van der Waals surface area contributed by atoms with E-state index in [4.69, 9.17) is 9.47 Å². The quantitative estimate of drug-likeness (QED) is 0.328. The van der Waals surface area contributed by atoms with Gasteiger partial charge >= 0.3 is 6.18 Å². The van der Waals surface area contributed by atoms with E-state index in [1.165, 1.54) is 24.4 Å². The summed E-state index contributed by atoms with van der Waals surface area (Å²) in [4.78, 5) is 29.8.